The van der Waals surface area contributed by atoms with Gasteiger partial charge in [-0.2, -0.15) is 0 Å². The van der Waals surface area contributed by atoms with Gasteiger partial charge < -0.3 is 4.74 Å². The topological polar surface area (TPSA) is 102 Å². The molecule has 0 spiro atoms. The Labute approximate surface area is 261 Å². The molecule has 0 aliphatic carbocycles. The summed E-state index contributed by atoms with van der Waals surface area (Å²) in [4.78, 5) is 0.369. The minimum Gasteiger partial charge on any atom is -0.457 e. The summed E-state index contributed by atoms with van der Waals surface area (Å²) >= 11 is 0. The minimum atomic E-state index is -3.87. The molecule has 0 fully saturated rings. The molecular formula is C35H40N2O5S2. The van der Waals surface area contributed by atoms with Gasteiger partial charge in [-0.25, -0.2) is 26.3 Å². The van der Waals surface area contributed by atoms with Crippen molar-refractivity contribution in [2.24, 2.45) is 0 Å². The molecule has 0 aromatic heterocycles. The van der Waals surface area contributed by atoms with E-state index in [0.717, 1.165) is 22.3 Å². The molecule has 5 rings (SSSR count). The SMILES string of the molecule is Cc1ccc(S(=O)(=O)NC(C)(C)CC2(CC(C)(C)NS(=O)(=O)c3ccc(C)cc3)c3ccccc3Oc3ccccc32)cc1. The number of rotatable bonds is 10. The molecule has 7 nitrogen and oxygen atoms in total. The molecule has 0 unspecified atom stereocenters. The van der Waals surface area contributed by atoms with E-state index in [1.54, 1.807) is 48.5 Å². The maximum absolute atomic E-state index is 13.6. The van der Waals surface area contributed by atoms with Crippen LogP contribution in [0.15, 0.2) is 107 Å². The van der Waals surface area contributed by atoms with Gasteiger partial charge in [0.15, 0.2) is 0 Å². The summed E-state index contributed by atoms with van der Waals surface area (Å²) in [7, 11) is -7.74. The Kier molecular flexibility index (Phi) is 8.31. The Balaban J connectivity index is 1.61. The molecule has 0 saturated heterocycles. The summed E-state index contributed by atoms with van der Waals surface area (Å²) in [6, 6.07) is 28.9. The molecule has 0 radical (unpaired) electrons. The largest absolute Gasteiger partial charge is 0.457 e. The fraction of sp³-hybridized carbons (Fsp3) is 0.314. The third-order valence-electron chi connectivity index (χ3n) is 8.00. The van der Waals surface area contributed by atoms with Crippen molar-refractivity contribution in [1.82, 2.24) is 9.44 Å². The van der Waals surface area contributed by atoms with Crippen LogP contribution in [-0.4, -0.2) is 27.9 Å². The van der Waals surface area contributed by atoms with Gasteiger partial charge in [0.1, 0.15) is 11.5 Å². The van der Waals surface area contributed by atoms with E-state index in [9.17, 15) is 16.8 Å². The van der Waals surface area contributed by atoms with E-state index in [1.165, 1.54) is 0 Å². The average Bonchev–Trinajstić information content (AvgIpc) is 2.92. The summed E-state index contributed by atoms with van der Waals surface area (Å²) < 4.78 is 66.8. The molecule has 1 heterocycles. The van der Waals surface area contributed by atoms with Crippen molar-refractivity contribution in [1.29, 1.82) is 0 Å². The maximum Gasteiger partial charge on any atom is 0.241 e. The molecular weight excluding hydrogens is 593 g/mol. The van der Waals surface area contributed by atoms with Crippen molar-refractivity contribution < 1.29 is 21.6 Å². The first-order valence-electron chi connectivity index (χ1n) is 14.6. The van der Waals surface area contributed by atoms with Gasteiger partial charge in [-0.3, -0.25) is 0 Å². The molecule has 44 heavy (non-hydrogen) atoms. The number of ether oxygens (including phenoxy) is 1. The second-order valence-corrected chi connectivity index (χ2v) is 16.5. The summed E-state index contributed by atoms with van der Waals surface area (Å²) in [6.45, 7) is 11.3. The number of hydrogen-bond donors (Lipinski definition) is 2. The van der Waals surface area contributed by atoms with Gasteiger partial charge >= 0.3 is 0 Å². The van der Waals surface area contributed by atoms with Gasteiger partial charge in [-0.15, -0.1) is 0 Å². The van der Waals surface area contributed by atoms with Crippen molar-refractivity contribution in [3.63, 3.8) is 0 Å². The van der Waals surface area contributed by atoms with Crippen LogP contribution in [0.25, 0.3) is 0 Å². The van der Waals surface area contributed by atoms with Crippen LogP contribution in [-0.2, 0) is 25.5 Å². The molecule has 232 valence electrons. The normalized spacial score (nSPS) is 14.8. The Bertz CT molecular complexity index is 1740. The molecule has 1 aliphatic heterocycles. The molecule has 1 aliphatic rings. The number of para-hydroxylation sites is 2. The van der Waals surface area contributed by atoms with Crippen LogP contribution >= 0.6 is 0 Å². The maximum atomic E-state index is 13.6. The van der Waals surface area contributed by atoms with E-state index in [4.69, 9.17) is 4.74 Å². The van der Waals surface area contributed by atoms with Crippen LogP contribution in [0.4, 0.5) is 0 Å². The Morgan fingerprint density at radius 3 is 1.27 bits per heavy atom. The van der Waals surface area contributed by atoms with Gasteiger partial charge in [0.05, 0.1) is 9.79 Å². The molecule has 0 amide bonds. The predicted molar refractivity (Wildman–Crippen MR) is 174 cm³/mol. The Morgan fingerprint density at radius 2 is 0.909 bits per heavy atom. The van der Waals surface area contributed by atoms with Crippen molar-refractivity contribution in [2.75, 3.05) is 0 Å². The molecule has 4 aromatic rings. The van der Waals surface area contributed by atoms with Crippen molar-refractivity contribution in [3.8, 4) is 11.5 Å². The predicted octanol–water partition coefficient (Wildman–Crippen LogP) is 6.99. The van der Waals surface area contributed by atoms with Gasteiger partial charge in [-0.1, -0.05) is 71.8 Å². The molecule has 9 heteroatoms. The number of hydrogen-bond acceptors (Lipinski definition) is 5. The van der Waals surface area contributed by atoms with Crippen molar-refractivity contribution in [2.45, 2.75) is 80.7 Å². The lowest BCUT2D eigenvalue weighted by atomic mass is 9.61. The highest BCUT2D eigenvalue weighted by molar-refractivity contribution is 7.89. The Hall–Kier alpha value is -3.50. The quantitative estimate of drug-likeness (QED) is 0.196. The van der Waals surface area contributed by atoms with E-state index in [2.05, 4.69) is 9.44 Å². The second-order valence-electron chi connectivity index (χ2n) is 13.1. The van der Waals surface area contributed by atoms with E-state index < -0.39 is 36.5 Å². The lowest BCUT2D eigenvalue weighted by Crippen LogP contribution is -2.54. The molecule has 2 N–H and O–H groups in total. The van der Waals surface area contributed by atoms with Crippen LogP contribution in [0.5, 0.6) is 11.5 Å². The van der Waals surface area contributed by atoms with Crippen LogP contribution < -0.4 is 14.2 Å². The number of fused-ring (bicyclic) bond motifs is 2. The fourth-order valence-electron chi connectivity index (χ4n) is 6.47. The van der Waals surface area contributed by atoms with Gasteiger partial charge in [0, 0.05) is 27.6 Å². The van der Waals surface area contributed by atoms with Crippen LogP contribution in [0, 0.1) is 13.8 Å². The zero-order valence-electron chi connectivity index (χ0n) is 26.0. The van der Waals surface area contributed by atoms with Gasteiger partial charge in [-0.05, 0) is 90.8 Å². The summed E-state index contributed by atoms with van der Waals surface area (Å²) in [6.07, 6.45) is 0.635. The fourth-order valence-corrected chi connectivity index (χ4v) is 9.29. The molecule has 0 atom stereocenters. The number of benzene rings is 4. The highest BCUT2D eigenvalue weighted by atomic mass is 32.2. The zero-order chi connectivity index (χ0) is 32.0. The summed E-state index contributed by atoms with van der Waals surface area (Å²) in [5, 5.41) is 0. The highest BCUT2D eigenvalue weighted by Gasteiger charge is 2.49. The second kappa shape index (κ2) is 11.5. The number of sulfonamides is 2. The molecule has 0 saturated carbocycles. The first-order chi connectivity index (χ1) is 20.5. The minimum absolute atomic E-state index is 0.184. The monoisotopic (exact) mass is 632 g/mol. The van der Waals surface area contributed by atoms with E-state index >= 15 is 0 Å². The lowest BCUT2D eigenvalue weighted by Gasteiger charge is -2.48. The van der Waals surface area contributed by atoms with E-state index in [0.29, 0.717) is 24.3 Å². The van der Waals surface area contributed by atoms with Crippen molar-refractivity contribution >= 4 is 20.0 Å². The summed E-state index contributed by atoms with van der Waals surface area (Å²) in [5.74, 6) is 1.31. The smallest absolute Gasteiger partial charge is 0.241 e. The first-order valence-corrected chi connectivity index (χ1v) is 17.6. The third-order valence-corrected chi connectivity index (χ3v) is 11.4. The average molecular weight is 633 g/mol. The van der Waals surface area contributed by atoms with Gasteiger partial charge in [0.2, 0.25) is 20.0 Å². The van der Waals surface area contributed by atoms with Crippen molar-refractivity contribution in [3.05, 3.63) is 119 Å². The summed E-state index contributed by atoms with van der Waals surface area (Å²) in [5.41, 5.74) is 0.887. The highest BCUT2D eigenvalue weighted by Crippen LogP contribution is 2.55. The molecule has 4 aromatic carbocycles. The Morgan fingerprint density at radius 1 is 0.568 bits per heavy atom. The molecule has 0 bridgehead atoms. The van der Waals surface area contributed by atoms with Crippen LogP contribution in [0.2, 0.25) is 0 Å². The van der Waals surface area contributed by atoms with E-state index in [-0.39, 0.29) is 9.79 Å². The zero-order valence-corrected chi connectivity index (χ0v) is 27.6. The van der Waals surface area contributed by atoms with Gasteiger partial charge in [0.25, 0.3) is 0 Å². The van der Waals surface area contributed by atoms with Crippen LogP contribution in [0.3, 0.4) is 0 Å². The van der Waals surface area contributed by atoms with Crippen LogP contribution in [0.1, 0.15) is 62.8 Å². The third kappa shape index (κ3) is 6.61. The number of aryl methyl sites for hydroxylation is 2. The standard InChI is InChI=1S/C35H40N2O5S2/c1-25-15-19-27(20-16-25)43(38,39)36-33(3,4)23-35(24-34(5,6)37-44(40,41)28-21-17-26(2)18-22-28)29-11-7-9-13-31(29)42-32-14-10-8-12-30(32)35/h7-22,36-37H,23-24H2,1-6H3. The lowest BCUT2D eigenvalue weighted by molar-refractivity contribution is 0.239. The number of nitrogens with one attached hydrogen (secondary N) is 2. The first kappa shape index (κ1) is 31.9. The van der Waals surface area contributed by atoms with E-state index in [1.807, 2.05) is 90.1 Å².